The molecule has 132 valence electrons. The van der Waals surface area contributed by atoms with E-state index in [-0.39, 0.29) is 29.0 Å². The van der Waals surface area contributed by atoms with E-state index in [4.69, 9.17) is 21.1 Å². The number of amides is 2. The van der Waals surface area contributed by atoms with E-state index in [1.54, 1.807) is 7.11 Å². The van der Waals surface area contributed by atoms with Gasteiger partial charge in [-0.2, -0.15) is 0 Å². The Hall–Kier alpha value is -1.83. The summed E-state index contributed by atoms with van der Waals surface area (Å²) >= 11 is 6.16. The minimum absolute atomic E-state index is 0.0946. The van der Waals surface area contributed by atoms with Crippen LogP contribution in [0.15, 0.2) is 12.1 Å². The lowest BCUT2D eigenvalue weighted by atomic mass is 10.0. The van der Waals surface area contributed by atoms with Crippen LogP contribution in [-0.2, 0) is 9.53 Å². The zero-order valence-corrected chi connectivity index (χ0v) is 14.7. The van der Waals surface area contributed by atoms with Crippen LogP contribution in [0.5, 0.6) is 5.75 Å². The van der Waals surface area contributed by atoms with Crippen molar-refractivity contribution in [1.82, 2.24) is 10.6 Å². The lowest BCUT2D eigenvalue weighted by molar-refractivity contribution is -0.114. The Bertz CT molecular complexity index is 624. The number of methoxy groups -OCH3 is 2. The van der Waals surface area contributed by atoms with Gasteiger partial charge in [0.25, 0.3) is 5.91 Å². The van der Waals surface area contributed by atoms with Gasteiger partial charge in [-0.1, -0.05) is 11.6 Å². The molecule has 2 atom stereocenters. The molecular formula is C16H22ClN3O4. The molecule has 7 nitrogen and oxygen atoms in total. The minimum Gasteiger partial charge on any atom is -0.496 e. The van der Waals surface area contributed by atoms with Crippen LogP contribution in [0, 0.1) is 0 Å². The second kappa shape index (κ2) is 8.32. The molecule has 8 heteroatoms. The van der Waals surface area contributed by atoms with Crippen molar-refractivity contribution in [2.24, 2.45) is 0 Å². The van der Waals surface area contributed by atoms with Gasteiger partial charge in [0.1, 0.15) is 5.75 Å². The SMILES string of the molecule is COc1cc(NC(C)=O)c(Cl)cc1C(=O)N[C@H]1CCNC[C@H]1OC. The summed E-state index contributed by atoms with van der Waals surface area (Å²) in [7, 11) is 3.08. The van der Waals surface area contributed by atoms with Crippen molar-refractivity contribution in [3.63, 3.8) is 0 Å². The second-order valence-corrected chi connectivity index (χ2v) is 5.97. The van der Waals surface area contributed by atoms with Gasteiger partial charge in [0, 0.05) is 26.6 Å². The molecule has 0 radical (unpaired) electrons. The topological polar surface area (TPSA) is 88.7 Å². The number of hydrogen-bond donors (Lipinski definition) is 3. The summed E-state index contributed by atoms with van der Waals surface area (Å²) in [5.41, 5.74) is 0.708. The number of carbonyl (C=O) groups excluding carboxylic acids is 2. The molecule has 1 heterocycles. The van der Waals surface area contributed by atoms with E-state index in [1.807, 2.05) is 0 Å². The van der Waals surface area contributed by atoms with Gasteiger partial charge in [0.05, 0.1) is 35.5 Å². The first-order chi connectivity index (χ1) is 11.5. The lowest BCUT2D eigenvalue weighted by Crippen LogP contribution is -2.53. The first-order valence-electron chi connectivity index (χ1n) is 7.65. The Morgan fingerprint density at radius 2 is 2.08 bits per heavy atom. The standard InChI is InChI=1S/C16H22ClN3O4/c1-9(21)19-13-7-14(23-2)10(6-11(13)17)16(22)20-12-4-5-18-8-15(12)24-3/h6-7,12,15,18H,4-5,8H2,1-3H3,(H,19,21)(H,20,22)/t12-,15+/m0/s1. The molecule has 0 aliphatic carbocycles. The van der Waals surface area contributed by atoms with Gasteiger partial charge < -0.3 is 25.4 Å². The zero-order valence-electron chi connectivity index (χ0n) is 13.9. The molecule has 0 spiro atoms. The quantitative estimate of drug-likeness (QED) is 0.743. The maximum Gasteiger partial charge on any atom is 0.255 e. The number of nitrogens with one attached hydrogen (secondary N) is 3. The predicted octanol–water partition coefficient (Wildman–Crippen LogP) is 1.41. The molecule has 2 rings (SSSR count). The average molecular weight is 356 g/mol. The molecule has 0 saturated carbocycles. The summed E-state index contributed by atoms with van der Waals surface area (Å²) in [6, 6.07) is 2.93. The number of hydrogen-bond acceptors (Lipinski definition) is 5. The largest absolute Gasteiger partial charge is 0.496 e. The van der Waals surface area contributed by atoms with Crippen molar-refractivity contribution >= 4 is 29.1 Å². The molecule has 1 aromatic rings. The van der Waals surface area contributed by atoms with Gasteiger partial charge in [-0.15, -0.1) is 0 Å². The second-order valence-electron chi connectivity index (χ2n) is 5.56. The van der Waals surface area contributed by atoms with Crippen LogP contribution in [0.2, 0.25) is 5.02 Å². The number of piperidine rings is 1. The molecule has 0 aromatic heterocycles. The van der Waals surface area contributed by atoms with E-state index in [2.05, 4.69) is 16.0 Å². The monoisotopic (exact) mass is 355 g/mol. The maximum atomic E-state index is 12.6. The van der Waals surface area contributed by atoms with E-state index in [1.165, 1.54) is 26.2 Å². The molecule has 2 amide bonds. The normalized spacial score (nSPS) is 20.3. The first kappa shape index (κ1) is 18.5. The molecule has 1 aliphatic rings. The van der Waals surface area contributed by atoms with Crippen LogP contribution in [-0.4, -0.2) is 51.3 Å². The highest BCUT2D eigenvalue weighted by molar-refractivity contribution is 6.34. The third kappa shape index (κ3) is 4.37. The molecule has 1 aliphatic heterocycles. The number of halogens is 1. The summed E-state index contributed by atoms with van der Waals surface area (Å²) in [4.78, 5) is 23.8. The van der Waals surface area contributed by atoms with E-state index in [0.29, 0.717) is 23.5 Å². The van der Waals surface area contributed by atoms with Crippen molar-refractivity contribution in [3.05, 3.63) is 22.7 Å². The molecule has 0 unspecified atom stereocenters. The fourth-order valence-electron chi connectivity index (χ4n) is 2.67. The van der Waals surface area contributed by atoms with Crippen molar-refractivity contribution in [3.8, 4) is 5.75 Å². The molecule has 1 fully saturated rings. The molecule has 1 saturated heterocycles. The number of ether oxygens (including phenoxy) is 2. The predicted molar refractivity (Wildman–Crippen MR) is 91.8 cm³/mol. The number of anilines is 1. The van der Waals surface area contributed by atoms with Crippen LogP contribution >= 0.6 is 11.6 Å². The van der Waals surface area contributed by atoms with Gasteiger partial charge in [-0.05, 0) is 19.0 Å². The smallest absolute Gasteiger partial charge is 0.255 e. The van der Waals surface area contributed by atoms with Gasteiger partial charge in [-0.3, -0.25) is 9.59 Å². The van der Waals surface area contributed by atoms with Crippen molar-refractivity contribution in [2.75, 3.05) is 32.6 Å². The van der Waals surface area contributed by atoms with Gasteiger partial charge in [0.2, 0.25) is 5.91 Å². The minimum atomic E-state index is -0.294. The molecule has 3 N–H and O–H groups in total. The highest BCUT2D eigenvalue weighted by atomic mass is 35.5. The van der Waals surface area contributed by atoms with E-state index < -0.39 is 0 Å². The number of benzene rings is 1. The third-order valence-electron chi connectivity index (χ3n) is 3.89. The van der Waals surface area contributed by atoms with Crippen LogP contribution in [0.1, 0.15) is 23.7 Å². The molecular weight excluding hydrogens is 334 g/mol. The first-order valence-corrected chi connectivity index (χ1v) is 8.03. The van der Waals surface area contributed by atoms with Crippen molar-refractivity contribution in [2.45, 2.75) is 25.5 Å². The average Bonchev–Trinajstić information content (AvgIpc) is 2.56. The van der Waals surface area contributed by atoms with E-state index >= 15 is 0 Å². The summed E-state index contributed by atoms with van der Waals surface area (Å²) in [6.45, 7) is 2.87. The summed E-state index contributed by atoms with van der Waals surface area (Å²) in [5.74, 6) is -0.213. The number of carbonyl (C=O) groups is 2. The Labute approximate surface area is 146 Å². The fourth-order valence-corrected chi connectivity index (χ4v) is 2.88. The zero-order chi connectivity index (χ0) is 17.7. The summed E-state index contributed by atoms with van der Waals surface area (Å²) in [6.07, 6.45) is 0.674. The third-order valence-corrected chi connectivity index (χ3v) is 4.20. The van der Waals surface area contributed by atoms with Crippen LogP contribution in [0.3, 0.4) is 0 Å². The highest BCUT2D eigenvalue weighted by Crippen LogP contribution is 2.31. The van der Waals surface area contributed by atoms with E-state index in [0.717, 1.165) is 13.0 Å². The lowest BCUT2D eigenvalue weighted by Gasteiger charge is -2.31. The van der Waals surface area contributed by atoms with Crippen LogP contribution in [0.25, 0.3) is 0 Å². The highest BCUT2D eigenvalue weighted by Gasteiger charge is 2.27. The molecule has 0 bridgehead atoms. The Kier molecular flexibility index (Phi) is 6.42. The summed E-state index contributed by atoms with van der Waals surface area (Å²) < 4.78 is 10.7. The van der Waals surface area contributed by atoms with Gasteiger partial charge >= 0.3 is 0 Å². The summed E-state index contributed by atoms with van der Waals surface area (Å²) in [5, 5.41) is 9.06. The molecule has 1 aromatic carbocycles. The Morgan fingerprint density at radius 3 is 2.71 bits per heavy atom. The Morgan fingerprint density at radius 1 is 1.33 bits per heavy atom. The van der Waals surface area contributed by atoms with Crippen LogP contribution < -0.4 is 20.7 Å². The number of rotatable bonds is 5. The molecule has 24 heavy (non-hydrogen) atoms. The fraction of sp³-hybridized carbons (Fsp3) is 0.500. The van der Waals surface area contributed by atoms with E-state index in [9.17, 15) is 9.59 Å². The Balaban J connectivity index is 2.21. The van der Waals surface area contributed by atoms with Crippen molar-refractivity contribution in [1.29, 1.82) is 0 Å². The van der Waals surface area contributed by atoms with Gasteiger partial charge in [-0.25, -0.2) is 0 Å². The van der Waals surface area contributed by atoms with Crippen LogP contribution in [0.4, 0.5) is 5.69 Å². The van der Waals surface area contributed by atoms with Crippen molar-refractivity contribution < 1.29 is 19.1 Å². The maximum absolute atomic E-state index is 12.6. The van der Waals surface area contributed by atoms with Gasteiger partial charge in [0.15, 0.2) is 0 Å².